The van der Waals surface area contributed by atoms with Crippen LogP contribution in [-0.4, -0.2) is 30.4 Å². The quantitative estimate of drug-likeness (QED) is 0.670. The number of aromatic nitrogens is 2. The van der Waals surface area contributed by atoms with Crippen LogP contribution in [0.4, 0.5) is 0 Å². The van der Waals surface area contributed by atoms with Crippen LogP contribution in [0.1, 0.15) is 25.3 Å². The van der Waals surface area contributed by atoms with Gasteiger partial charge in [0.15, 0.2) is 0 Å². The zero-order valence-corrected chi connectivity index (χ0v) is 14.7. The molecule has 0 N–H and O–H groups in total. The molecular formula is C20H24N2O2. The Balaban J connectivity index is 2.15. The molecule has 0 fully saturated rings. The number of methoxy groups -OCH3 is 2. The van der Waals surface area contributed by atoms with Gasteiger partial charge in [0.2, 0.25) is 0 Å². The third-order valence-corrected chi connectivity index (χ3v) is 4.30. The predicted molar refractivity (Wildman–Crippen MR) is 97.7 cm³/mol. The number of rotatable bonds is 6. The number of hydrogen-bond acceptors (Lipinski definition) is 3. The summed E-state index contributed by atoms with van der Waals surface area (Å²) in [5, 5.41) is 0. The fourth-order valence-corrected chi connectivity index (χ4v) is 2.96. The lowest BCUT2D eigenvalue weighted by Gasteiger charge is -2.12. The minimum Gasteiger partial charge on any atom is -0.494 e. The summed E-state index contributed by atoms with van der Waals surface area (Å²) in [5.41, 5.74) is 4.39. The van der Waals surface area contributed by atoms with E-state index in [2.05, 4.69) is 42.7 Å². The van der Waals surface area contributed by atoms with Gasteiger partial charge in [-0.3, -0.25) is 0 Å². The lowest BCUT2D eigenvalue weighted by molar-refractivity contribution is 0.188. The Kier molecular flexibility index (Phi) is 4.86. The van der Waals surface area contributed by atoms with Crippen LogP contribution in [0.5, 0.6) is 5.75 Å². The zero-order chi connectivity index (χ0) is 17.1. The van der Waals surface area contributed by atoms with Gasteiger partial charge in [-0.1, -0.05) is 44.2 Å². The van der Waals surface area contributed by atoms with Crippen LogP contribution < -0.4 is 4.74 Å². The second-order valence-corrected chi connectivity index (χ2v) is 6.18. The highest BCUT2D eigenvalue weighted by Crippen LogP contribution is 2.31. The van der Waals surface area contributed by atoms with Crippen LogP contribution in [0.25, 0.3) is 22.4 Å². The van der Waals surface area contributed by atoms with E-state index in [9.17, 15) is 0 Å². The van der Waals surface area contributed by atoms with E-state index >= 15 is 0 Å². The maximum absolute atomic E-state index is 5.55. The van der Waals surface area contributed by atoms with E-state index in [0.717, 1.165) is 34.7 Å². The highest BCUT2D eigenvalue weighted by atomic mass is 16.5. The summed E-state index contributed by atoms with van der Waals surface area (Å²) >= 11 is 0. The van der Waals surface area contributed by atoms with Crippen molar-refractivity contribution in [3.05, 3.63) is 48.0 Å². The average Bonchev–Trinajstić information content (AvgIpc) is 2.98. The highest BCUT2D eigenvalue weighted by molar-refractivity contribution is 5.86. The van der Waals surface area contributed by atoms with Gasteiger partial charge in [0.25, 0.3) is 0 Å². The van der Waals surface area contributed by atoms with Crippen LogP contribution in [0.2, 0.25) is 0 Å². The van der Waals surface area contributed by atoms with Crippen molar-refractivity contribution in [1.29, 1.82) is 0 Å². The van der Waals surface area contributed by atoms with Crippen molar-refractivity contribution in [3.63, 3.8) is 0 Å². The average molecular weight is 324 g/mol. The summed E-state index contributed by atoms with van der Waals surface area (Å²) in [7, 11) is 3.41. The van der Waals surface area contributed by atoms with Crippen LogP contribution >= 0.6 is 0 Å². The van der Waals surface area contributed by atoms with Crippen LogP contribution in [0.15, 0.2) is 42.5 Å². The zero-order valence-electron chi connectivity index (χ0n) is 14.7. The lowest BCUT2D eigenvalue weighted by Crippen LogP contribution is -2.06. The van der Waals surface area contributed by atoms with Gasteiger partial charge in [0.05, 0.1) is 19.2 Å². The van der Waals surface area contributed by atoms with Crippen molar-refractivity contribution in [2.75, 3.05) is 20.8 Å². The minimum absolute atomic E-state index is 0.520. The molecule has 0 saturated carbocycles. The van der Waals surface area contributed by atoms with Gasteiger partial charge in [0, 0.05) is 19.2 Å². The number of para-hydroxylation sites is 1. The summed E-state index contributed by atoms with van der Waals surface area (Å²) in [5.74, 6) is 2.30. The Morgan fingerprint density at radius 2 is 1.79 bits per heavy atom. The summed E-state index contributed by atoms with van der Waals surface area (Å²) in [6.07, 6.45) is 0. The number of hydrogen-bond donors (Lipinski definition) is 0. The molecule has 24 heavy (non-hydrogen) atoms. The fourth-order valence-electron chi connectivity index (χ4n) is 2.96. The van der Waals surface area contributed by atoms with Crippen molar-refractivity contribution >= 4 is 11.0 Å². The molecule has 3 rings (SSSR count). The van der Waals surface area contributed by atoms with Gasteiger partial charge < -0.3 is 14.0 Å². The molecule has 3 aromatic rings. The molecule has 4 nitrogen and oxygen atoms in total. The van der Waals surface area contributed by atoms with Crippen LogP contribution in [-0.2, 0) is 11.3 Å². The van der Waals surface area contributed by atoms with Crippen LogP contribution in [0.3, 0.4) is 0 Å². The van der Waals surface area contributed by atoms with E-state index < -0.39 is 0 Å². The Labute approximate surface area is 143 Å². The van der Waals surface area contributed by atoms with Crippen LogP contribution in [0, 0.1) is 0 Å². The van der Waals surface area contributed by atoms with E-state index in [1.807, 2.05) is 18.2 Å². The third-order valence-electron chi connectivity index (χ3n) is 4.30. The Morgan fingerprint density at radius 3 is 2.42 bits per heavy atom. The first-order valence-corrected chi connectivity index (χ1v) is 8.28. The van der Waals surface area contributed by atoms with E-state index in [-0.39, 0.29) is 0 Å². The molecule has 126 valence electrons. The maximum Gasteiger partial charge on any atom is 0.144 e. The number of fused-ring (bicyclic) bond motifs is 1. The molecule has 0 aliphatic rings. The number of nitrogens with zero attached hydrogens (tertiary/aromatic N) is 2. The minimum atomic E-state index is 0.520. The van der Waals surface area contributed by atoms with Gasteiger partial charge in [-0.2, -0.15) is 0 Å². The Hall–Kier alpha value is -2.33. The molecule has 0 radical (unpaired) electrons. The topological polar surface area (TPSA) is 36.3 Å². The fraction of sp³-hybridized carbons (Fsp3) is 0.350. The van der Waals surface area contributed by atoms with E-state index in [4.69, 9.17) is 14.5 Å². The molecule has 0 unspecified atom stereocenters. The molecule has 0 aliphatic carbocycles. The third kappa shape index (κ3) is 3.02. The molecule has 0 amide bonds. The largest absolute Gasteiger partial charge is 0.494 e. The van der Waals surface area contributed by atoms with Gasteiger partial charge in [-0.05, 0) is 23.6 Å². The predicted octanol–water partition coefficient (Wildman–Crippen LogP) is 4.48. The molecule has 1 aromatic heterocycles. The van der Waals surface area contributed by atoms with E-state index in [1.54, 1.807) is 14.2 Å². The van der Waals surface area contributed by atoms with Gasteiger partial charge in [-0.25, -0.2) is 4.98 Å². The summed E-state index contributed by atoms with van der Waals surface area (Å²) in [6, 6.07) is 14.6. The van der Waals surface area contributed by atoms with E-state index in [1.165, 1.54) is 5.56 Å². The number of imidazole rings is 1. The van der Waals surface area contributed by atoms with Crippen molar-refractivity contribution in [2.45, 2.75) is 26.3 Å². The Bertz CT molecular complexity index is 820. The maximum atomic E-state index is 5.55. The molecule has 0 aliphatic heterocycles. The highest BCUT2D eigenvalue weighted by Gasteiger charge is 2.16. The SMILES string of the molecule is COCCn1c(-c2ccc(C(C)C)cc2)nc2cccc(OC)c21. The van der Waals surface area contributed by atoms with Crippen molar-refractivity contribution in [2.24, 2.45) is 0 Å². The summed E-state index contributed by atoms with van der Waals surface area (Å²) in [6.45, 7) is 5.76. The van der Waals surface area contributed by atoms with Gasteiger partial charge in [-0.15, -0.1) is 0 Å². The molecule has 0 atom stereocenters. The first kappa shape index (κ1) is 16.5. The Morgan fingerprint density at radius 1 is 1.04 bits per heavy atom. The second-order valence-electron chi connectivity index (χ2n) is 6.18. The van der Waals surface area contributed by atoms with Crippen molar-refractivity contribution < 1.29 is 9.47 Å². The molecule has 0 bridgehead atoms. The van der Waals surface area contributed by atoms with Gasteiger partial charge >= 0.3 is 0 Å². The van der Waals surface area contributed by atoms with Crippen molar-refractivity contribution in [3.8, 4) is 17.1 Å². The molecule has 0 saturated heterocycles. The summed E-state index contributed by atoms with van der Waals surface area (Å²) in [4.78, 5) is 4.85. The van der Waals surface area contributed by atoms with Gasteiger partial charge in [0.1, 0.15) is 17.1 Å². The standard InChI is InChI=1S/C20H24N2O2/c1-14(2)15-8-10-16(11-9-15)20-21-17-6-5-7-18(24-4)19(17)22(20)12-13-23-3/h5-11,14H,12-13H2,1-4H3. The molecule has 2 aromatic carbocycles. The smallest absolute Gasteiger partial charge is 0.144 e. The number of ether oxygens (including phenoxy) is 2. The monoisotopic (exact) mass is 324 g/mol. The molecule has 0 spiro atoms. The summed E-state index contributed by atoms with van der Waals surface area (Å²) < 4.78 is 13.0. The van der Waals surface area contributed by atoms with Crippen molar-refractivity contribution in [1.82, 2.24) is 9.55 Å². The molecular weight excluding hydrogens is 300 g/mol. The first-order chi connectivity index (χ1) is 11.7. The van der Waals surface area contributed by atoms with E-state index in [0.29, 0.717) is 12.5 Å². The lowest BCUT2D eigenvalue weighted by atomic mass is 10.0. The number of benzene rings is 2. The second kappa shape index (κ2) is 7.05. The first-order valence-electron chi connectivity index (χ1n) is 8.28. The molecule has 4 heteroatoms. The normalized spacial score (nSPS) is 11.4. The molecule has 1 heterocycles.